The Labute approximate surface area is 205 Å². The van der Waals surface area contributed by atoms with E-state index in [-0.39, 0.29) is 30.2 Å². The number of rotatable bonds is 7. The molecule has 3 aromatic rings. The molecule has 2 heterocycles. The number of nitrogens with zero attached hydrogens (tertiary/aromatic N) is 2. The molecule has 36 heavy (non-hydrogen) atoms. The first-order chi connectivity index (χ1) is 17.3. The Hall–Kier alpha value is -4.51. The van der Waals surface area contributed by atoms with Crippen molar-refractivity contribution in [1.29, 1.82) is 0 Å². The fraction of sp³-hybridized carbons (Fsp3) is 0.240. The molecule has 1 aliphatic heterocycles. The van der Waals surface area contributed by atoms with E-state index in [4.69, 9.17) is 5.73 Å². The summed E-state index contributed by atoms with van der Waals surface area (Å²) < 4.78 is 0. The molecule has 1 saturated heterocycles. The second-order valence-electron chi connectivity index (χ2n) is 8.39. The topological polar surface area (TPSA) is 166 Å². The fourth-order valence-corrected chi connectivity index (χ4v) is 4.08. The van der Waals surface area contributed by atoms with Gasteiger partial charge in [0.1, 0.15) is 6.10 Å². The van der Waals surface area contributed by atoms with Gasteiger partial charge in [-0.25, -0.2) is 0 Å². The predicted molar refractivity (Wildman–Crippen MR) is 130 cm³/mol. The fourth-order valence-electron chi connectivity index (χ4n) is 4.08. The highest BCUT2D eigenvalue weighted by Crippen LogP contribution is 2.26. The third-order valence-corrected chi connectivity index (χ3v) is 5.98. The molecule has 1 atom stereocenters. The zero-order valence-electron chi connectivity index (χ0n) is 19.3. The molecule has 5 N–H and O–H groups in total. The number of carbonyl (C=O) groups is 5. The number of aromatic nitrogens is 1. The van der Waals surface area contributed by atoms with Gasteiger partial charge in [0.05, 0.1) is 23.2 Å². The number of nitrogens with one attached hydrogen (secondary N) is 2. The number of hydrogen-bond acceptors (Lipinski definition) is 6. The number of carbonyl (C=O) groups excluding carboxylic acids is 5. The van der Waals surface area contributed by atoms with Crippen molar-refractivity contribution in [3.05, 3.63) is 65.9 Å². The largest absolute Gasteiger partial charge is 0.383 e. The summed E-state index contributed by atoms with van der Waals surface area (Å²) in [5.74, 6) is -3.19. The maximum absolute atomic E-state index is 13.0. The van der Waals surface area contributed by atoms with Gasteiger partial charge in [-0.2, -0.15) is 0 Å². The molecule has 1 fully saturated rings. The lowest BCUT2D eigenvalue weighted by Gasteiger charge is -2.34. The molecule has 4 amide bonds. The van der Waals surface area contributed by atoms with Crippen molar-refractivity contribution in [3.63, 3.8) is 0 Å². The third kappa shape index (κ3) is 5.10. The van der Waals surface area contributed by atoms with Crippen LogP contribution in [-0.2, 0) is 14.4 Å². The summed E-state index contributed by atoms with van der Waals surface area (Å²) >= 11 is 0. The number of piperazine rings is 1. The first-order valence-electron chi connectivity index (χ1n) is 11.3. The molecule has 0 bridgehead atoms. The molecule has 4 rings (SSSR count). The highest BCUT2D eigenvalue weighted by molar-refractivity contribution is 6.45. The molecule has 0 spiro atoms. The smallest absolute Gasteiger partial charge is 0.295 e. The first kappa shape index (κ1) is 24.6. The monoisotopic (exact) mass is 491 g/mol. The number of H-pyrrole nitrogens is 1. The number of aromatic amines is 1. The Morgan fingerprint density at radius 1 is 0.944 bits per heavy atom. The Balaban J connectivity index is 1.43. The lowest BCUT2D eigenvalue weighted by atomic mass is 10.1. The van der Waals surface area contributed by atoms with Crippen LogP contribution in [-0.4, -0.2) is 81.6 Å². The van der Waals surface area contributed by atoms with Gasteiger partial charge in [0.15, 0.2) is 0 Å². The van der Waals surface area contributed by atoms with Gasteiger partial charge in [-0.15, -0.1) is 0 Å². The average Bonchev–Trinajstić information content (AvgIpc) is 3.33. The number of amides is 4. The van der Waals surface area contributed by atoms with Crippen LogP contribution < -0.4 is 11.1 Å². The lowest BCUT2D eigenvalue weighted by molar-refractivity contribution is -0.129. The van der Waals surface area contributed by atoms with E-state index in [1.165, 1.54) is 11.1 Å². The van der Waals surface area contributed by atoms with Crippen LogP contribution in [0.15, 0.2) is 54.7 Å². The van der Waals surface area contributed by atoms with Crippen molar-refractivity contribution >= 4 is 46.0 Å². The first-order valence-corrected chi connectivity index (χ1v) is 11.3. The minimum Gasteiger partial charge on any atom is -0.383 e. The summed E-state index contributed by atoms with van der Waals surface area (Å²) in [6.45, 7) is 1.07. The van der Waals surface area contributed by atoms with Gasteiger partial charge >= 0.3 is 0 Å². The van der Waals surface area contributed by atoms with Crippen LogP contribution in [0.5, 0.6) is 0 Å². The van der Waals surface area contributed by atoms with Gasteiger partial charge in [-0.05, 0) is 18.2 Å². The SMILES string of the molecule is NC(=O)CC(O)C(=O)Nc1cccc2c(C(=O)C(=O)N3CCN(C(=O)c4ccccc4)CC3)c[nH]c12. The number of ketones is 1. The Kier molecular flexibility index (Phi) is 7.11. The second kappa shape index (κ2) is 10.4. The van der Waals surface area contributed by atoms with E-state index in [1.807, 2.05) is 6.07 Å². The van der Waals surface area contributed by atoms with E-state index in [2.05, 4.69) is 10.3 Å². The number of nitrogens with two attached hydrogens (primary N) is 1. The van der Waals surface area contributed by atoms with E-state index >= 15 is 0 Å². The second-order valence-corrected chi connectivity index (χ2v) is 8.39. The predicted octanol–water partition coefficient (Wildman–Crippen LogP) is 0.510. The molecule has 11 heteroatoms. The van der Waals surface area contributed by atoms with Crippen molar-refractivity contribution in [1.82, 2.24) is 14.8 Å². The summed E-state index contributed by atoms with van der Waals surface area (Å²) in [7, 11) is 0. The number of fused-ring (bicyclic) bond motifs is 1. The van der Waals surface area contributed by atoms with E-state index < -0.39 is 36.0 Å². The molecule has 2 aromatic carbocycles. The molecule has 1 aliphatic rings. The number of Topliss-reactive ketones (excluding diaryl/α,β-unsaturated/α-hetero) is 1. The van der Waals surface area contributed by atoms with Gasteiger partial charge in [-0.3, -0.25) is 24.0 Å². The Bertz CT molecular complexity index is 1330. The zero-order chi connectivity index (χ0) is 25.8. The van der Waals surface area contributed by atoms with Crippen LogP contribution in [0.3, 0.4) is 0 Å². The summed E-state index contributed by atoms with van der Waals surface area (Å²) in [6, 6.07) is 13.6. The van der Waals surface area contributed by atoms with Gasteiger partial charge in [0.2, 0.25) is 5.91 Å². The summed E-state index contributed by atoms with van der Waals surface area (Å²) in [5, 5.41) is 12.7. The third-order valence-electron chi connectivity index (χ3n) is 5.98. The summed E-state index contributed by atoms with van der Waals surface area (Å²) in [5.41, 5.74) is 6.36. The number of para-hydroxylation sites is 1. The molecule has 11 nitrogen and oxygen atoms in total. The highest BCUT2D eigenvalue weighted by Gasteiger charge is 2.30. The highest BCUT2D eigenvalue weighted by atomic mass is 16.3. The molecular formula is C25H25N5O6. The molecule has 0 saturated carbocycles. The molecule has 186 valence electrons. The van der Waals surface area contributed by atoms with Crippen LogP contribution in [0.25, 0.3) is 10.9 Å². The minimum atomic E-state index is -1.62. The van der Waals surface area contributed by atoms with Crippen molar-refractivity contribution in [2.24, 2.45) is 5.73 Å². The van der Waals surface area contributed by atoms with E-state index in [1.54, 1.807) is 47.4 Å². The molecular weight excluding hydrogens is 466 g/mol. The van der Waals surface area contributed by atoms with Crippen molar-refractivity contribution in [3.8, 4) is 0 Å². The van der Waals surface area contributed by atoms with Crippen LogP contribution >= 0.6 is 0 Å². The van der Waals surface area contributed by atoms with Crippen molar-refractivity contribution in [2.75, 3.05) is 31.5 Å². The number of benzene rings is 2. The quantitative estimate of drug-likeness (QED) is 0.278. The number of aliphatic hydroxyl groups is 1. The minimum absolute atomic E-state index is 0.124. The van der Waals surface area contributed by atoms with Gasteiger partial charge in [0.25, 0.3) is 23.5 Å². The van der Waals surface area contributed by atoms with Gasteiger partial charge in [-0.1, -0.05) is 30.3 Å². The normalized spacial score (nSPS) is 14.4. The van der Waals surface area contributed by atoms with Gasteiger partial charge in [0, 0.05) is 43.3 Å². The maximum Gasteiger partial charge on any atom is 0.295 e. The zero-order valence-corrected chi connectivity index (χ0v) is 19.3. The standard InChI is InChI=1S/C25H25N5O6/c26-20(32)13-19(31)23(34)28-18-8-4-7-16-17(14-27-21(16)18)22(33)25(36)30-11-9-29(10-12-30)24(35)15-5-2-1-3-6-15/h1-8,14,19,27,31H,9-13H2,(H2,26,32)(H,28,34). The average molecular weight is 492 g/mol. The van der Waals surface area contributed by atoms with Crippen LogP contribution in [0.1, 0.15) is 27.1 Å². The lowest BCUT2D eigenvalue weighted by Crippen LogP contribution is -2.52. The van der Waals surface area contributed by atoms with Crippen LogP contribution in [0, 0.1) is 0 Å². The van der Waals surface area contributed by atoms with E-state index in [0.717, 1.165) is 0 Å². The number of primary amides is 1. The molecule has 1 aromatic heterocycles. The van der Waals surface area contributed by atoms with E-state index in [0.29, 0.717) is 29.6 Å². The number of hydrogen-bond donors (Lipinski definition) is 4. The molecule has 0 aliphatic carbocycles. The number of aliphatic hydroxyl groups excluding tert-OH is 1. The molecule has 1 unspecified atom stereocenters. The van der Waals surface area contributed by atoms with Crippen LogP contribution in [0.4, 0.5) is 5.69 Å². The summed E-state index contributed by atoms with van der Waals surface area (Å²) in [6.07, 6.45) is -0.771. The van der Waals surface area contributed by atoms with Gasteiger partial charge < -0.3 is 30.9 Å². The number of anilines is 1. The molecule has 0 radical (unpaired) electrons. The Morgan fingerprint density at radius 3 is 2.28 bits per heavy atom. The van der Waals surface area contributed by atoms with Crippen molar-refractivity contribution < 1.29 is 29.1 Å². The summed E-state index contributed by atoms with van der Waals surface area (Å²) in [4.78, 5) is 67.7. The maximum atomic E-state index is 13.0. The Morgan fingerprint density at radius 2 is 1.61 bits per heavy atom. The van der Waals surface area contributed by atoms with Crippen molar-refractivity contribution in [2.45, 2.75) is 12.5 Å². The van der Waals surface area contributed by atoms with E-state index in [9.17, 15) is 29.1 Å². The van der Waals surface area contributed by atoms with Crippen LogP contribution in [0.2, 0.25) is 0 Å².